The van der Waals surface area contributed by atoms with Gasteiger partial charge in [-0.05, 0) is 30.3 Å². The van der Waals surface area contributed by atoms with Gasteiger partial charge in [0.15, 0.2) is 0 Å². The number of Topliss-reactive ketones (excluding diaryl/α,β-unsaturated/α-hetero) is 1. The van der Waals surface area contributed by atoms with E-state index in [1.165, 1.54) is 12.1 Å². The van der Waals surface area contributed by atoms with Crippen LogP contribution in [0.25, 0.3) is 28.7 Å². The molecule has 1 aromatic heterocycles. The van der Waals surface area contributed by atoms with Crippen molar-refractivity contribution in [2.75, 3.05) is 7.11 Å². The summed E-state index contributed by atoms with van der Waals surface area (Å²) in [4.78, 5) is 26.8. The molecule has 0 fully saturated rings. The summed E-state index contributed by atoms with van der Waals surface area (Å²) in [6, 6.07) is 13.0. The first-order chi connectivity index (χ1) is 16.1. The van der Waals surface area contributed by atoms with Crippen LogP contribution in [0.1, 0.15) is 18.7 Å². The SMILES string of the molecule is COC(=O)CC(=O)CC(O)/C=C/n1c(C(F)(F)F)nc(-c2ccc(F)cc2)c1-c1ccccc1. The molecule has 0 saturated heterocycles. The van der Waals surface area contributed by atoms with Crippen molar-refractivity contribution >= 4 is 18.0 Å². The Kier molecular flexibility index (Phi) is 7.62. The number of aromatic nitrogens is 2. The fourth-order valence-corrected chi connectivity index (χ4v) is 3.25. The Morgan fingerprint density at radius 2 is 1.74 bits per heavy atom. The topological polar surface area (TPSA) is 81.4 Å². The Balaban J connectivity index is 2.09. The predicted molar refractivity (Wildman–Crippen MR) is 116 cm³/mol. The lowest BCUT2D eigenvalue weighted by molar-refractivity contribution is -0.146. The lowest BCUT2D eigenvalue weighted by Gasteiger charge is -2.12. The third kappa shape index (κ3) is 5.96. The molecular formula is C24H20F4N2O4. The number of methoxy groups -OCH3 is 1. The van der Waals surface area contributed by atoms with E-state index in [0.29, 0.717) is 5.56 Å². The molecule has 1 unspecified atom stereocenters. The standard InChI is InChI=1S/C24H20F4N2O4/c1-34-20(33)14-19(32)13-18(31)11-12-30-22(16-5-3-2-4-6-16)21(29-23(30)24(26,27)28)15-7-9-17(25)10-8-15/h2-12,18,31H,13-14H2,1H3/b12-11+. The molecule has 0 saturated carbocycles. The second kappa shape index (κ2) is 10.4. The molecule has 6 nitrogen and oxygen atoms in total. The zero-order chi connectivity index (χ0) is 24.9. The largest absolute Gasteiger partial charge is 0.469 e. The van der Waals surface area contributed by atoms with E-state index in [1.807, 2.05) is 0 Å². The van der Waals surface area contributed by atoms with Gasteiger partial charge in [0.2, 0.25) is 5.82 Å². The van der Waals surface area contributed by atoms with Crippen LogP contribution in [0.5, 0.6) is 0 Å². The number of ketones is 1. The summed E-state index contributed by atoms with van der Waals surface area (Å²) < 4.78 is 60.3. The summed E-state index contributed by atoms with van der Waals surface area (Å²) in [6.45, 7) is 0. The van der Waals surface area contributed by atoms with Crippen LogP contribution in [-0.4, -0.2) is 39.6 Å². The molecule has 178 valence electrons. The van der Waals surface area contributed by atoms with Gasteiger partial charge in [-0.3, -0.25) is 14.2 Å². The molecular weight excluding hydrogens is 456 g/mol. The Labute approximate surface area is 192 Å². The number of imidazole rings is 1. The summed E-state index contributed by atoms with van der Waals surface area (Å²) in [7, 11) is 1.10. The quantitative estimate of drug-likeness (QED) is 0.289. The van der Waals surface area contributed by atoms with Gasteiger partial charge in [0.25, 0.3) is 0 Å². The first kappa shape index (κ1) is 24.8. The van der Waals surface area contributed by atoms with E-state index in [-0.39, 0.29) is 17.0 Å². The van der Waals surface area contributed by atoms with Crippen LogP contribution in [0, 0.1) is 5.82 Å². The van der Waals surface area contributed by atoms with E-state index in [4.69, 9.17) is 0 Å². The molecule has 0 aliphatic rings. The van der Waals surface area contributed by atoms with Crippen molar-refractivity contribution in [2.45, 2.75) is 25.1 Å². The highest BCUT2D eigenvalue weighted by atomic mass is 19.4. The summed E-state index contributed by atoms with van der Waals surface area (Å²) in [6.07, 6.45) is -5.40. The van der Waals surface area contributed by atoms with Crippen molar-refractivity contribution in [1.29, 1.82) is 0 Å². The normalized spacial score (nSPS) is 12.6. The molecule has 1 N–H and O–H groups in total. The van der Waals surface area contributed by atoms with Crippen molar-refractivity contribution in [1.82, 2.24) is 9.55 Å². The number of alkyl halides is 3. The Morgan fingerprint density at radius 1 is 1.09 bits per heavy atom. The highest BCUT2D eigenvalue weighted by molar-refractivity contribution is 5.95. The molecule has 2 aromatic carbocycles. The molecule has 1 atom stereocenters. The lowest BCUT2D eigenvalue weighted by atomic mass is 10.0. The number of rotatable bonds is 8. The minimum absolute atomic E-state index is 0.0422. The maximum absolute atomic E-state index is 13.9. The molecule has 10 heteroatoms. The van der Waals surface area contributed by atoms with Gasteiger partial charge in [-0.1, -0.05) is 30.3 Å². The second-order valence-electron chi connectivity index (χ2n) is 7.28. The van der Waals surface area contributed by atoms with Crippen LogP contribution in [0.3, 0.4) is 0 Å². The van der Waals surface area contributed by atoms with Crippen LogP contribution in [0.2, 0.25) is 0 Å². The number of aliphatic hydroxyl groups excluding tert-OH is 1. The third-order valence-corrected chi connectivity index (χ3v) is 4.79. The maximum atomic E-state index is 13.9. The van der Waals surface area contributed by atoms with Gasteiger partial charge < -0.3 is 9.84 Å². The van der Waals surface area contributed by atoms with E-state index < -0.39 is 48.5 Å². The average Bonchev–Trinajstić information content (AvgIpc) is 3.18. The molecule has 1 heterocycles. The van der Waals surface area contributed by atoms with Crippen LogP contribution in [0.15, 0.2) is 60.7 Å². The van der Waals surface area contributed by atoms with Gasteiger partial charge >= 0.3 is 12.1 Å². The number of hydrogen-bond donors (Lipinski definition) is 1. The predicted octanol–water partition coefficient (Wildman–Crippen LogP) is 4.73. The molecule has 3 aromatic rings. The molecule has 34 heavy (non-hydrogen) atoms. The maximum Gasteiger partial charge on any atom is 0.450 e. The summed E-state index contributed by atoms with van der Waals surface area (Å²) in [5.41, 5.74) is 0.667. The van der Waals surface area contributed by atoms with E-state index in [2.05, 4.69) is 9.72 Å². The Morgan fingerprint density at radius 3 is 2.32 bits per heavy atom. The summed E-state index contributed by atoms with van der Waals surface area (Å²) in [5, 5.41) is 10.2. The van der Waals surface area contributed by atoms with Crippen molar-refractivity contribution in [3.05, 3.63) is 72.3 Å². The second-order valence-corrected chi connectivity index (χ2v) is 7.28. The van der Waals surface area contributed by atoms with Gasteiger partial charge in [0, 0.05) is 23.7 Å². The number of halogens is 4. The monoisotopic (exact) mass is 476 g/mol. The van der Waals surface area contributed by atoms with Gasteiger partial charge in [-0.25, -0.2) is 9.37 Å². The van der Waals surface area contributed by atoms with Crippen molar-refractivity contribution in [3.8, 4) is 22.5 Å². The zero-order valence-electron chi connectivity index (χ0n) is 17.9. The number of aliphatic hydroxyl groups is 1. The molecule has 0 bridgehead atoms. The molecule has 0 amide bonds. The number of hydrogen-bond acceptors (Lipinski definition) is 5. The van der Waals surface area contributed by atoms with Crippen molar-refractivity contribution in [3.63, 3.8) is 0 Å². The number of nitrogens with zero attached hydrogens (tertiary/aromatic N) is 2. The fourth-order valence-electron chi connectivity index (χ4n) is 3.25. The molecule has 0 aliphatic heterocycles. The molecule has 0 spiro atoms. The van der Waals surface area contributed by atoms with Gasteiger partial charge in [-0.15, -0.1) is 0 Å². The summed E-state index contributed by atoms with van der Waals surface area (Å²) >= 11 is 0. The van der Waals surface area contributed by atoms with Gasteiger partial charge in [0.1, 0.15) is 18.0 Å². The first-order valence-corrected chi connectivity index (χ1v) is 10.1. The molecule has 0 aliphatic carbocycles. The van der Waals surface area contributed by atoms with Crippen LogP contribution >= 0.6 is 0 Å². The Hall–Kier alpha value is -3.79. The van der Waals surface area contributed by atoms with Gasteiger partial charge in [0.05, 0.1) is 24.6 Å². The number of carbonyl (C=O) groups excluding carboxylic acids is 2. The van der Waals surface area contributed by atoms with E-state index in [0.717, 1.165) is 36.1 Å². The van der Waals surface area contributed by atoms with Crippen molar-refractivity contribution < 1.29 is 37.0 Å². The lowest BCUT2D eigenvalue weighted by Crippen LogP contribution is -2.16. The minimum Gasteiger partial charge on any atom is -0.469 e. The van der Waals surface area contributed by atoms with Crippen LogP contribution in [0.4, 0.5) is 17.6 Å². The molecule has 3 rings (SSSR count). The highest BCUT2D eigenvalue weighted by Crippen LogP contribution is 2.39. The number of benzene rings is 2. The minimum atomic E-state index is -4.86. The highest BCUT2D eigenvalue weighted by Gasteiger charge is 2.39. The van der Waals surface area contributed by atoms with E-state index >= 15 is 0 Å². The van der Waals surface area contributed by atoms with Crippen molar-refractivity contribution in [2.24, 2.45) is 0 Å². The van der Waals surface area contributed by atoms with Crippen LogP contribution in [-0.2, 0) is 20.5 Å². The van der Waals surface area contributed by atoms with Gasteiger partial charge in [-0.2, -0.15) is 13.2 Å². The number of carbonyl (C=O) groups is 2. The summed E-state index contributed by atoms with van der Waals surface area (Å²) in [5.74, 6) is -3.25. The third-order valence-electron chi connectivity index (χ3n) is 4.79. The fraction of sp³-hybridized carbons (Fsp3) is 0.208. The molecule has 0 radical (unpaired) electrons. The number of esters is 1. The van der Waals surface area contributed by atoms with Crippen LogP contribution < -0.4 is 0 Å². The first-order valence-electron chi connectivity index (χ1n) is 10.1. The number of ether oxygens (including phenoxy) is 1. The average molecular weight is 476 g/mol. The Bertz CT molecular complexity index is 1190. The van der Waals surface area contributed by atoms with E-state index in [9.17, 15) is 32.3 Å². The van der Waals surface area contributed by atoms with E-state index in [1.54, 1.807) is 30.3 Å². The zero-order valence-corrected chi connectivity index (χ0v) is 17.9. The smallest absolute Gasteiger partial charge is 0.450 e.